The first-order chi connectivity index (χ1) is 5.65. The minimum Gasteiger partial charge on any atom is -0.391 e. The largest absolute Gasteiger partial charge is 0.391 e. The van der Waals surface area contributed by atoms with Crippen LogP contribution in [0, 0.1) is 0 Å². The average Bonchev–Trinajstić information content (AvgIpc) is 2.36. The van der Waals surface area contributed by atoms with Gasteiger partial charge in [-0.1, -0.05) is 6.92 Å². The minimum atomic E-state index is -0.403. The lowest BCUT2D eigenvalue weighted by molar-refractivity contribution is -0.129. The molecule has 4 nitrogen and oxygen atoms in total. The van der Waals surface area contributed by atoms with E-state index in [-0.39, 0.29) is 11.9 Å². The number of rotatable bonds is 3. The minimum absolute atomic E-state index is 0.0255. The van der Waals surface area contributed by atoms with Crippen LogP contribution in [0.4, 0.5) is 0 Å². The van der Waals surface area contributed by atoms with Crippen LogP contribution in [-0.4, -0.2) is 41.1 Å². The number of hydrogen-bond donors (Lipinski definition) is 2. The zero-order valence-electron chi connectivity index (χ0n) is 7.36. The van der Waals surface area contributed by atoms with Gasteiger partial charge in [0.15, 0.2) is 0 Å². The summed E-state index contributed by atoms with van der Waals surface area (Å²) in [5.41, 5.74) is 5.51. The van der Waals surface area contributed by atoms with Crippen LogP contribution in [0.1, 0.15) is 19.8 Å². The van der Waals surface area contributed by atoms with E-state index in [2.05, 4.69) is 0 Å². The third kappa shape index (κ3) is 1.95. The van der Waals surface area contributed by atoms with Gasteiger partial charge in [-0.2, -0.15) is 0 Å². The van der Waals surface area contributed by atoms with E-state index < -0.39 is 6.10 Å². The summed E-state index contributed by atoms with van der Waals surface area (Å²) in [5.74, 6) is -0.0255. The van der Waals surface area contributed by atoms with Crippen molar-refractivity contribution in [3.63, 3.8) is 0 Å². The maximum Gasteiger partial charge on any atom is 0.239 e. The molecule has 1 heterocycles. The van der Waals surface area contributed by atoms with E-state index in [0.29, 0.717) is 19.5 Å². The number of likely N-dealkylation sites (tertiary alicyclic amines) is 1. The van der Waals surface area contributed by atoms with Crippen molar-refractivity contribution >= 4 is 5.91 Å². The summed E-state index contributed by atoms with van der Waals surface area (Å²) in [6, 6.07) is -0.339. The second kappa shape index (κ2) is 3.87. The summed E-state index contributed by atoms with van der Waals surface area (Å²) in [6.07, 6.45) is 0.994. The lowest BCUT2D eigenvalue weighted by Gasteiger charge is -2.18. The Hall–Kier alpha value is -0.610. The van der Waals surface area contributed by atoms with Gasteiger partial charge in [0.25, 0.3) is 0 Å². The quantitative estimate of drug-likeness (QED) is 0.592. The molecule has 0 spiro atoms. The van der Waals surface area contributed by atoms with Gasteiger partial charge in [-0.3, -0.25) is 4.79 Å². The molecule has 4 heteroatoms. The maximum absolute atomic E-state index is 11.2. The lowest BCUT2D eigenvalue weighted by Crippen LogP contribution is -2.38. The van der Waals surface area contributed by atoms with Crippen molar-refractivity contribution in [3.8, 4) is 0 Å². The number of amides is 1. The van der Waals surface area contributed by atoms with Crippen LogP contribution in [0.15, 0.2) is 0 Å². The first-order valence-corrected chi connectivity index (χ1v) is 4.37. The summed E-state index contributed by atoms with van der Waals surface area (Å²) in [6.45, 7) is 3.02. The molecule has 1 amide bonds. The predicted molar refractivity (Wildman–Crippen MR) is 45.5 cm³/mol. The Labute approximate surface area is 72.3 Å². The molecule has 1 rings (SSSR count). The molecule has 0 aliphatic carbocycles. The molecule has 2 atom stereocenters. The number of nitrogens with zero attached hydrogens (tertiary/aromatic N) is 1. The molecule has 0 aromatic heterocycles. The summed E-state index contributed by atoms with van der Waals surface area (Å²) in [4.78, 5) is 12.9. The Bertz CT molecular complexity index is 172. The second-order valence-electron chi connectivity index (χ2n) is 3.24. The second-order valence-corrected chi connectivity index (χ2v) is 3.24. The fourth-order valence-electron chi connectivity index (χ4n) is 1.33. The molecule has 1 aliphatic heterocycles. The molecular weight excluding hydrogens is 156 g/mol. The van der Waals surface area contributed by atoms with Crippen LogP contribution in [0.3, 0.4) is 0 Å². The molecule has 3 N–H and O–H groups in total. The van der Waals surface area contributed by atoms with E-state index in [9.17, 15) is 9.90 Å². The standard InChI is InChI=1S/C8H16N2O2/c1-2-6(11)5-10-4-3-7(9)8(10)12/h6-7,11H,2-5,9H2,1H3. The molecule has 0 aromatic rings. The molecule has 1 fully saturated rings. The van der Waals surface area contributed by atoms with E-state index in [1.165, 1.54) is 0 Å². The SMILES string of the molecule is CCC(O)CN1CCC(N)C1=O. The van der Waals surface area contributed by atoms with Crippen molar-refractivity contribution in [2.75, 3.05) is 13.1 Å². The summed E-state index contributed by atoms with van der Waals surface area (Å²) < 4.78 is 0. The molecule has 0 bridgehead atoms. The molecular formula is C8H16N2O2. The molecule has 0 radical (unpaired) electrons. The van der Waals surface area contributed by atoms with Crippen molar-refractivity contribution in [2.45, 2.75) is 31.9 Å². The summed E-state index contributed by atoms with van der Waals surface area (Å²) >= 11 is 0. The van der Waals surface area contributed by atoms with Gasteiger partial charge in [-0.25, -0.2) is 0 Å². The van der Waals surface area contributed by atoms with Crippen LogP contribution >= 0.6 is 0 Å². The third-order valence-electron chi connectivity index (χ3n) is 2.24. The first-order valence-electron chi connectivity index (χ1n) is 4.37. The summed E-state index contributed by atoms with van der Waals surface area (Å²) in [7, 11) is 0. The first kappa shape index (κ1) is 9.48. The van der Waals surface area contributed by atoms with Gasteiger partial charge < -0.3 is 15.7 Å². The number of hydrogen-bond acceptors (Lipinski definition) is 3. The summed E-state index contributed by atoms with van der Waals surface area (Å²) in [5, 5.41) is 9.29. The Balaban J connectivity index is 2.39. The van der Waals surface area contributed by atoms with Gasteiger partial charge in [0.05, 0.1) is 12.1 Å². The third-order valence-corrected chi connectivity index (χ3v) is 2.24. The number of nitrogens with two attached hydrogens (primary N) is 1. The van der Waals surface area contributed by atoms with Crippen LogP contribution in [0.5, 0.6) is 0 Å². The number of carbonyl (C=O) groups excluding carboxylic acids is 1. The molecule has 2 unspecified atom stereocenters. The van der Waals surface area contributed by atoms with E-state index in [1.807, 2.05) is 6.92 Å². The predicted octanol–water partition coefficient (Wildman–Crippen LogP) is -0.683. The molecule has 70 valence electrons. The molecule has 1 saturated heterocycles. The van der Waals surface area contributed by atoms with E-state index in [0.717, 1.165) is 6.42 Å². The zero-order valence-corrected chi connectivity index (χ0v) is 7.36. The van der Waals surface area contributed by atoms with Gasteiger partial charge >= 0.3 is 0 Å². The topological polar surface area (TPSA) is 66.6 Å². The molecule has 0 aromatic carbocycles. The highest BCUT2D eigenvalue weighted by molar-refractivity contribution is 5.83. The van der Waals surface area contributed by atoms with Gasteiger partial charge in [-0.15, -0.1) is 0 Å². The number of aliphatic hydroxyl groups excluding tert-OH is 1. The van der Waals surface area contributed by atoms with E-state index in [4.69, 9.17) is 5.73 Å². The highest BCUT2D eigenvalue weighted by Crippen LogP contribution is 2.09. The fraction of sp³-hybridized carbons (Fsp3) is 0.875. The van der Waals surface area contributed by atoms with Crippen molar-refractivity contribution in [2.24, 2.45) is 5.73 Å². The maximum atomic E-state index is 11.2. The highest BCUT2D eigenvalue weighted by atomic mass is 16.3. The fourth-order valence-corrected chi connectivity index (χ4v) is 1.33. The number of β-amino-alcohol motifs (C(OH)–C–C–N with tert-alkyl or cyclic N) is 1. The van der Waals surface area contributed by atoms with Gasteiger partial charge in [0.1, 0.15) is 0 Å². The Morgan fingerprint density at radius 1 is 1.83 bits per heavy atom. The van der Waals surface area contributed by atoms with Crippen molar-refractivity contribution < 1.29 is 9.90 Å². The van der Waals surface area contributed by atoms with Crippen LogP contribution in [0.25, 0.3) is 0 Å². The van der Waals surface area contributed by atoms with Crippen molar-refractivity contribution in [1.82, 2.24) is 4.90 Å². The normalized spacial score (nSPS) is 26.4. The lowest BCUT2D eigenvalue weighted by atomic mass is 10.2. The Morgan fingerprint density at radius 3 is 2.92 bits per heavy atom. The molecule has 1 aliphatic rings. The van der Waals surface area contributed by atoms with E-state index >= 15 is 0 Å². The van der Waals surface area contributed by atoms with E-state index in [1.54, 1.807) is 4.90 Å². The molecule has 0 saturated carbocycles. The van der Waals surface area contributed by atoms with Gasteiger partial charge in [0.2, 0.25) is 5.91 Å². The van der Waals surface area contributed by atoms with Gasteiger partial charge in [0, 0.05) is 13.1 Å². The zero-order chi connectivity index (χ0) is 9.14. The van der Waals surface area contributed by atoms with Crippen LogP contribution < -0.4 is 5.73 Å². The smallest absolute Gasteiger partial charge is 0.239 e. The van der Waals surface area contributed by atoms with Gasteiger partial charge in [-0.05, 0) is 12.8 Å². The Kier molecular flexibility index (Phi) is 3.05. The molecule has 12 heavy (non-hydrogen) atoms. The Morgan fingerprint density at radius 2 is 2.50 bits per heavy atom. The van der Waals surface area contributed by atoms with Crippen LogP contribution in [0.2, 0.25) is 0 Å². The number of aliphatic hydroxyl groups is 1. The monoisotopic (exact) mass is 172 g/mol. The highest BCUT2D eigenvalue weighted by Gasteiger charge is 2.29. The number of carbonyl (C=O) groups is 1. The van der Waals surface area contributed by atoms with Crippen LogP contribution in [-0.2, 0) is 4.79 Å². The van der Waals surface area contributed by atoms with Crippen molar-refractivity contribution in [3.05, 3.63) is 0 Å². The average molecular weight is 172 g/mol. The van der Waals surface area contributed by atoms with Crippen molar-refractivity contribution in [1.29, 1.82) is 0 Å².